The Kier molecular flexibility index (Phi) is 10.4. The number of alkyl halides is 2. The Morgan fingerprint density at radius 3 is 2.18 bits per heavy atom. The van der Waals surface area contributed by atoms with Crippen molar-refractivity contribution in [3.05, 3.63) is 0 Å². The number of halogens is 2. The van der Waals surface area contributed by atoms with Crippen LogP contribution in [0.3, 0.4) is 0 Å². The highest BCUT2D eigenvalue weighted by Gasteiger charge is 2.41. The molecule has 0 radical (unpaired) electrons. The number of aliphatic carboxylic acids is 1. The maximum absolute atomic E-state index is 13.1. The predicted molar refractivity (Wildman–Crippen MR) is 109 cm³/mol. The number of hydrogen-bond acceptors (Lipinski definition) is 4. The molecule has 1 aliphatic heterocycles. The van der Waals surface area contributed by atoms with Gasteiger partial charge in [0.25, 0.3) is 0 Å². The Balaban J connectivity index is 0.00000122. The van der Waals surface area contributed by atoms with Crippen LogP contribution in [-0.4, -0.2) is 57.5 Å². The van der Waals surface area contributed by atoms with Gasteiger partial charge in [-0.25, -0.2) is 9.59 Å². The van der Waals surface area contributed by atoms with Gasteiger partial charge in [0, 0.05) is 6.54 Å². The second kappa shape index (κ2) is 11.7. The third kappa shape index (κ3) is 8.03. The molecule has 2 amide bonds. The summed E-state index contributed by atoms with van der Waals surface area (Å²) in [5.41, 5.74) is -0.651. The summed E-state index contributed by atoms with van der Waals surface area (Å²) in [5.74, 6) is -1.24. The maximum Gasteiger partial charge on any atom is 0.408 e. The number of carboxylic acids is 1. The number of nitrogens with zero attached hydrogens (tertiary/aromatic N) is 1. The highest BCUT2D eigenvalue weighted by Crippen LogP contribution is 2.29. The van der Waals surface area contributed by atoms with Gasteiger partial charge in [0.15, 0.2) is 0 Å². The smallest absolute Gasteiger partial charge is 0.408 e. The first-order chi connectivity index (χ1) is 13.1. The topological polar surface area (TPSA) is 95.9 Å². The molecule has 7 nitrogen and oxygen atoms in total. The zero-order valence-corrected chi connectivity index (χ0v) is 18.4. The van der Waals surface area contributed by atoms with Crippen LogP contribution >= 0.6 is 23.2 Å². The molecule has 1 saturated carbocycles. The van der Waals surface area contributed by atoms with Crippen molar-refractivity contribution >= 4 is 41.2 Å². The van der Waals surface area contributed by atoms with E-state index in [2.05, 4.69) is 5.32 Å². The lowest BCUT2D eigenvalue weighted by atomic mass is 9.83. The second-order valence-electron chi connectivity index (χ2n) is 8.15. The van der Waals surface area contributed by atoms with Crippen molar-refractivity contribution in [1.82, 2.24) is 10.2 Å². The number of carboxylic acid groups (broad SMARTS) is 1. The molecule has 0 aromatic heterocycles. The van der Waals surface area contributed by atoms with Gasteiger partial charge in [-0.3, -0.25) is 4.79 Å². The standard InChI is InChI=1S/C18H30N2O5.CH2Cl2/c1-18(2,3)25-17(24)19-14(12-8-5-4-6-9-12)15(21)20-11-7-10-13(20)16(22)23;2-1-3/h12-14H,4-11H2,1-3H3,(H,19,24)(H,22,23);1H2/t13?,14-;/m0./s1. The van der Waals surface area contributed by atoms with Crippen LogP contribution in [-0.2, 0) is 14.3 Å². The van der Waals surface area contributed by atoms with Crippen molar-refractivity contribution in [2.45, 2.75) is 83.4 Å². The first kappa shape index (κ1) is 24.8. The molecular formula is C19H32Cl2N2O5. The SMILES string of the molecule is CC(C)(C)OC(=O)N[C@H](C(=O)N1CCCC1C(=O)O)C1CCCCC1.ClCCl. The Hall–Kier alpha value is -1.21. The molecule has 2 aliphatic rings. The molecule has 1 aliphatic carbocycles. The van der Waals surface area contributed by atoms with E-state index < -0.39 is 29.7 Å². The summed E-state index contributed by atoms with van der Waals surface area (Å²) in [7, 11) is 0. The van der Waals surface area contributed by atoms with E-state index in [0.29, 0.717) is 19.4 Å². The van der Waals surface area contributed by atoms with Gasteiger partial charge < -0.3 is 20.1 Å². The average molecular weight is 439 g/mol. The minimum absolute atomic E-state index is 0.0313. The van der Waals surface area contributed by atoms with Gasteiger partial charge >= 0.3 is 12.1 Å². The fraction of sp³-hybridized carbons (Fsp3) is 0.842. The largest absolute Gasteiger partial charge is 0.480 e. The molecule has 2 fully saturated rings. The van der Waals surface area contributed by atoms with E-state index >= 15 is 0 Å². The molecule has 0 aromatic carbocycles. The monoisotopic (exact) mass is 438 g/mol. The summed E-state index contributed by atoms with van der Waals surface area (Å²) in [4.78, 5) is 38.1. The lowest BCUT2D eigenvalue weighted by Gasteiger charge is -2.34. The van der Waals surface area contributed by atoms with E-state index in [1.807, 2.05) is 0 Å². The lowest BCUT2D eigenvalue weighted by Crippen LogP contribution is -2.55. The van der Waals surface area contributed by atoms with Crippen molar-refractivity contribution in [2.75, 3.05) is 11.9 Å². The molecule has 0 aromatic rings. The van der Waals surface area contributed by atoms with E-state index in [1.165, 1.54) is 4.90 Å². The number of hydrogen-bond donors (Lipinski definition) is 2. The van der Waals surface area contributed by atoms with Crippen LogP contribution in [0.4, 0.5) is 4.79 Å². The minimum atomic E-state index is -0.981. The van der Waals surface area contributed by atoms with Crippen molar-refractivity contribution in [3.63, 3.8) is 0 Å². The summed E-state index contributed by atoms with van der Waals surface area (Å²) >= 11 is 9.53. The van der Waals surface area contributed by atoms with Crippen LogP contribution in [0.2, 0.25) is 0 Å². The number of carbonyl (C=O) groups excluding carboxylic acids is 2. The van der Waals surface area contributed by atoms with E-state index in [9.17, 15) is 19.5 Å². The number of amides is 2. The van der Waals surface area contributed by atoms with E-state index in [0.717, 1.165) is 32.1 Å². The Morgan fingerprint density at radius 1 is 1.11 bits per heavy atom. The molecule has 2 N–H and O–H groups in total. The Morgan fingerprint density at radius 2 is 1.68 bits per heavy atom. The summed E-state index contributed by atoms with van der Waals surface area (Å²) in [6, 6.07) is -1.51. The van der Waals surface area contributed by atoms with Crippen molar-refractivity contribution in [2.24, 2.45) is 5.92 Å². The lowest BCUT2D eigenvalue weighted by molar-refractivity contribution is -0.149. The van der Waals surface area contributed by atoms with Gasteiger partial charge in [-0.1, -0.05) is 19.3 Å². The predicted octanol–water partition coefficient (Wildman–Crippen LogP) is 3.96. The number of alkyl carbamates (subject to hydrolysis) is 1. The fourth-order valence-corrected chi connectivity index (χ4v) is 3.75. The van der Waals surface area contributed by atoms with Gasteiger partial charge in [-0.15, -0.1) is 23.2 Å². The van der Waals surface area contributed by atoms with Gasteiger partial charge in [0.05, 0.1) is 5.34 Å². The zero-order chi connectivity index (χ0) is 21.3. The third-order valence-corrected chi connectivity index (χ3v) is 4.88. The van der Waals surface area contributed by atoms with Crippen molar-refractivity contribution in [1.29, 1.82) is 0 Å². The van der Waals surface area contributed by atoms with Crippen molar-refractivity contribution < 1.29 is 24.2 Å². The normalized spacial score (nSPS) is 21.3. The molecule has 162 valence electrons. The summed E-state index contributed by atoms with van der Waals surface area (Å²) in [6.07, 6.45) is 5.40. The first-order valence-electron chi connectivity index (χ1n) is 9.75. The van der Waals surface area contributed by atoms with Crippen LogP contribution in [0.25, 0.3) is 0 Å². The van der Waals surface area contributed by atoms with Gasteiger partial charge in [0.2, 0.25) is 5.91 Å². The fourth-order valence-electron chi connectivity index (χ4n) is 3.75. The molecule has 2 atom stereocenters. The quantitative estimate of drug-likeness (QED) is 0.647. The van der Waals surface area contributed by atoms with Crippen LogP contribution in [0.1, 0.15) is 65.7 Å². The number of carbonyl (C=O) groups is 3. The molecular weight excluding hydrogens is 407 g/mol. The highest BCUT2D eigenvalue weighted by molar-refractivity contribution is 6.40. The van der Waals surface area contributed by atoms with Crippen LogP contribution < -0.4 is 5.32 Å². The molecule has 1 saturated heterocycles. The molecule has 9 heteroatoms. The molecule has 0 spiro atoms. The Labute approximate surface area is 177 Å². The first-order valence-corrected chi connectivity index (χ1v) is 10.8. The highest BCUT2D eigenvalue weighted by atomic mass is 35.5. The number of rotatable bonds is 4. The van der Waals surface area contributed by atoms with Crippen LogP contribution in [0.5, 0.6) is 0 Å². The van der Waals surface area contributed by atoms with Gasteiger partial charge in [-0.2, -0.15) is 0 Å². The summed E-state index contributed by atoms with van der Waals surface area (Å²) in [5, 5.41) is 12.3. The third-order valence-electron chi connectivity index (χ3n) is 4.88. The molecule has 2 rings (SSSR count). The zero-order valence-electron chi connectivity index (χ0n) is 16.9. The van der Waals surface area contributed by atoms with Crippen LogP contribution in [0, 0.1) is 5.92 Å². The summed E-state index contributed by atoms with van der Waals surface area (Å²) < 4.78 is 5.31. The number of nitrogens with one attached hydrogen (secondary N) is 1. The maximum atomic E-state index is 13.1. The second-order valence-corrected chi connectivity index (χ2v) is 8.96. The van der Waals surface area contributed by atoms with Crippen molar-refractivity contribution in [3.8, 4) is 0 Å². The molecule has 28 heavy (non-hydrogen) atoms. The average Bonchev–Trinajstić information content (AvgIpc) is 3.09. The Bertz CT molecular complexity index is 533. The molecule has 1 unspecified atom stereocenters. The van der Waals surface area contributed by atoms with Gasteiger partial charge in [0.1, 0.15) is 17.7 Å². The number of ether oxygens (including phenoxy) is 1. The van der Waals surface area contributed by atoms with Crippen LogP contribution in [0.15, 0.2) is 0 Å². The molecule has 1 heterocycles. The van der Waals surface area contributed by atoms with E-state index in [1.54, 1.807) is 20.8 Å². The van der Waals surface area contributed by atoms with Gasteiger partial charge in [-0.05, 0) is 52.4 Å². The number of likely N-dealkylation sites (tertiary alicyclic amines) is 1. The summed E-state index contributed by atoms with van der Waals surface area (Å²) in [6.45, 7) is 5.73. The minimum Gasteiger partial charge on any atom is -0.480 e. The molecule has 0 bridgehead atoms. The van der Waals surface area contributed by atoms with E-state index in [-0.39, 0.29) is 17.2 Å². The van der Waals surface area contributed by atoms with E-state index in [4.69, 9.17) is 27.9 Å².